The number of methoxy groups -OCH3 is 1. The van der Waals surface area contributed by atoms with Gasteiger partial charge in [0, 0.05) is 17.3 Å². The van der Waals surface area contributed by atoms with Gasteiger partial charge in [0.05, 0.1) is 7.11 Å². The van der Waals surface area contributed by atoms with Crippen LogP contribution >= 0.6 is 0 Å². The minimum absolute atomic E-state index is 0.384. The quantitative estimate of drug-likeness (QED) is 0.740. The van der Waals surface area contributed by atoms with Gasteiger partial charge in [-0.1, -0.05) is 6.07 Å². The first-order chi connectivity index (χ1) is 6.94. The minimum Gasteiger partial charge on any atom is -0.481 e. The third-order valence-electron chi connectivity index (χ3n) is 1.73. The Morgan fingerprint density at radius 2 is 2.07 bits per heavy atom. The van der Waals surface area contributed by atoms with Gasteiger partial charge in [-0.25, -0.2) is 4.98 Å². The first-order valence-corrected chi connectivity index (χ1v) is 4.79. The van der Waals surface area contributed by atoms with Gasteiger partial charge < -0.3 is 14.4 Å². The van der Waals surface area contributed by atoms with Crippen LogP contribution in [0.1, 0.15) is 20.8 Å². The van der Waals surface area contributed by atoms with Gasteiger partial charge in [-0.15, -0.1) is 0 Å². The summed E-state index contributed by atoms with van der Waals surface area (Å²) in [4.78, 5) is 3.99. The molecule has 0 fully saturated rings. The summed E-state index contributed by atoms with van der Waals surface area (Å²) >= 11 is 0. The zero-order chi connectivity index (χ0) is 11.5. The molecule has 0 spiro atoms. The molecule has 0 unspecified atom stereocenters. The van der Waals surface area contributed by atoms with Crippen molar-refractivity contribution in [2.75, 3.05) is 7.11 Å². The van der Waals surface area contributed by atoms with Gasteiger partial charge >= 0.3 is 7.12 Å². The number of aromatic nitrogens is 1. The van der Waals surface area contributed by atoms with Crippen LogP contribution in [0.4, 0.5) is 0 Å². The molecule has 0 aliphatic rings. The molecule has 1 N–H and O–H groups in total. The van der Waals surface area contributed by atoms with E-state index < -0.39 is 12.7 Å². The molecular formula is C10H16BNO3. The van der Waals surface area contributed by atoms with Crippen molar-refractivity contribution >= 4 is 12.6 Å². The molecule has 0 aliphatic heterocycles. The fraction of sp³-hybridized carbons (Fsp3) is 0.500. The second kappa shape index (κ2) is 4.64. The molecule has 0 saturated heterocycles. The highest BCUT2D eigenvalue weighted by Gasteiger charge is 2.27. The summed E-state index contributed by atoms with van der Waals surface area (Å²) in [6, 6.07) is 3.45. The first kappa shape index (κ1) is 12.0. The van der Waals surface area contributed by atoms with E-state index in [1.165, 1.54) is 7.11 Å². The van der Waals surface area contributed by atoms with Crippen molar-refractivity contribution < 1.29 is 14.4 Å². The lowest BCUT2D eigenvalue weighted by atomic mass is 9.79. The van der Waals surface area contributed by atoms with E-state index in [1.54, 1.807) is 18.3 Å². The van der Waals surface area contributed by atoms with Gasteiger partial charge in [-0.05, 0) is 26.8 Å². The van der Waals surface area contributed by atoms with Crippen molar-refractivity contribution in [1.29, 1.82) is 0 Å². The Morgan fingerprint density at radius 3 is 2.60 bits per heavy atom. The summed E-state index contributed by atoms with van der Waals surface area (Å²) in [7, 11) is 0.490. The monoisotopic (exact) mass is 209 g/mol. The smallest absolute Gasteiger partial charge is 0.481 e. The fourth-order valence-electron chi connectivity index (χ4n) is 1.16. The summed E-state index contributed by atoms with van der Waals surface area (Å²) in [5, 5.41) is 9.83. The van der Waals surface area contributed by atoms with E-state index in [4.69, 9.17) is 9.39 Å². The summed E-state index contributed by atoms with van der Waals surface area (Å²) in [5.41, 5.74) is 0.121. The van der Waals surface area contributed by atoms with E-state index in [2.05, 4.69) is 4.98 Å². The van der Waals surface area contributed by atoms with Gasteiger partial charge in [-0.3, -0.25) is 0 Å². The van der Waals surface area contributed by atoms with E-state index in [1.807, 2.05) is 20.8 Å². The van der Waals surface area contributed by atoms with Crippen LogP contribution < -0.4 is 10.2 Å². The molecular weight excluding hydrogens is 193 g/mol. The molecule has 1 heterocycles. The highest BCUT2D eigenvalue weighted by Crippen LogP contribution is 2.10. The zero-order valence-electron chi connectivity index (χ0n) is 9.52. The minimum atomic E-state index is -1.02. The molecule has 0 atom stereocenters. The molecule has 0 saturated carbocycles. The Bertz CT molecular complexity index is 325. The summed E-state index contributed by atoms with van der Waals surface area (Å²) < 4.78 is 10.4. The number of hydrogen-bond donors (Lipinski definition) is 1. The van der Waals surface area contributed by atoms with Gasteiger partial charge in [0.2, 0.25) is 5.88 Å². The normalized spacial score (nSPS) is 11.3. The van der Waals surface area contributed by atoms with Crippen molar-refractivity contribution in [3.8, 4) is 5.88 Å². The highest BCUT2D eigenvalue weighted by atomic mass is 16.5. The average Bonchev–Trinajstić information content (AvgIpc) is 2.15. The van der Waals surface area contributed by atoms with E-state index in [0.29, 0.717) is 11.3 Å². The van der Waals surface area contributed by atoms with Crippen molar-refractivity contribution in [1.82, 2.24) is 4.98 Å². The predicted octanol–water partition coefficient (Wildman–Crippen LogP) is 0.593. The van der Waals surface area contributed by atoms with Gasteiger partial charge in [0.15, 0.2) is 0 Å². The number of rotatable bonds is 3. The van der Waals surface area contributed by atoms with Gasteiger partial charge in [0.25, 0.3) is 0 Å². The summed E-state index contributed by atoms with van der Waals surface area (Å²) in [6.45, 7) is 5.62. The van der Waals surface area contributed by atoms with Crippen LogP contribution in [0.25, 0.3) is 0 Å². The van der Waals surface area contributed by atoms with Crippen LogP contribution in [0.3, 0.4) is 0 Å². The van der Waals surface area contributed by atoms with Crippen LogP contribution in [0, 0.1) is 0 Å². The lowest BCUT2D eigenvalue weighted by molar-refractivity contribution is 0.107. The van der Waals surface area contributed by atoms with Crippen LogP contribution in [-0.2, 0) is 4.65 Å². The molecule has 4 nitrogen and oxygen atoms in total. The first-order valence-electron chi connectivity index (χ1n) is 4.79. The largest absolute Gasteiger partial charge is 0.497 e. The number of ether oxygens (including phenoxy) is 1. The fourth-order valence-corrected chi connectivity index (χ4v) is 1.16. The Morgan fingerprint density at radius 1 is 1.40 bits per heavy atom. The van der Waals surface area contributed by atoms with Crippen LogP contribution in [-0.4, -0.2) is 29.8 Å². The average molecular weight is 209 g/mol. The lowest BCUT2D eigenvalue weighted by Gasteiger charge is -2.22. The van der Waals surface area contributed by atoms with E-state index in [0.717, 1.165) is 0 Å². The zero-order valence-corrected chi connectivity index (χ0v) is 9.52. The molecule has 1 rings (SSSR count). The third-order valence-corrected chi connectivity index (χ3v) is 1.73. The van der Waals surface area contributed by atoms with Crippen LogP contribution in [0.2, 0.25) is 0 Å². The van der Waals surface area contributed by atoms with Gasteiger partial charge in [-0.2, -0.15) is 0 Å². The topological polar surface area (TPSA) is 51.6 Å². The number of nitrogens with zero attached hydrogens (tertiary/aromatic N) is 1. The van der Waals surface area contributed by atoms with E-state index >= 15 is 0 Å². The maximum Gasteiger partial charge on any atom is 0.497 e. The predicted molar refractivity (Wildman–Crippen MR) is 59.2 cm³/mol. The second-order valence-electron chi connectivity index (χ2n) is 4.18. The molecule has 1 aromatic heterocycles. The molecule has 15 heavy (non-hydrogen) atoms. The molecule has 0 aliphatic carbocycles. The Balaban J connectivity index is 2.86. The van der Waals surface area contributed by atoms with Crippen molar-refractivity contribution in [2.24, 2.45) is 0 Å². The third kappa shape index (κ3) is 3.53. The molecule has 0 radical (unpaired) electrons. The number of hydrogen-bond acceptors (Lipinski definition) is 4. The van der Waals surface area contributed by atoms with E-state index in [-0.39, 0.29) is 0 Å². The summed E-state index contributed by atoms with van der Waals surface area (Å²) in [5.74, 6) is 0.384. The van der Waals surface area contributed by atoms with Crippen molar-refractivity contribution in [2.45, 2.75) is 26.4 Å². The molecule has 0 bridgehead atoms. The standard InChI is InChI=1S/C10H16BNO3/c1-10(2,3)15-11(13)8-6-5-7-12-9(8)14-4/h5-7,13H,1-4H3. The molecule has 0 aromatic carbocycles. The lowest BCUT2D eigenvalue weighted by Crippen LogP contribution is -2.41. The maximum atomic E-state index is 9.83. The SMILES string of the molecule is COc1ncccc1B(O)OC(C)(C)C. The molecule has 82 valence electrons. The van der Waals surface area contributed by atoms with Crippen molar-refractivity contribution in [3.63, 3.8) is 0 Å². The Kier molecular flexibility index (Phi) is 3.71. The van der Waals surface area contributed by atoms with Crippen molar-refractivity contribution in [3.05, 3.63) is 18.3 Å². The molecule has 0 amide bonds. The molecule has 1 aromatic rings. The van der Waals surface area contributed by atoms with E-state index in [9.17, 15) is 5.02 Å². The van der Waals surface area contributed by atoms with Crippen LogP contribution in [0.5, 0.6) is 5.88 Å². The van der Waals surface area contributed by atoms with Crippen LogP contribution in [0.15, 0.2) is 18.3 Å². The molecule has 5 heteroatoms. The van der Waals surface area contributed by atoms with Gasteiger partial charge in [0.1, 0.15) is 0 Å². The summed E-state index contributed by atoms with van der Waals surface area (Å²) in [6.07, 6.45) is 1.60. The second-order valence-corrected chi connectivity index (χ2v) is 4.18. The maximum absolute atomic E-state index is 9.83. The Hall–Kier alpha value is -1.07. The Labute approximate surface area is 90.4 Å². The number of pyridine rings is 1. The highest BCUT2D eigenvalue weighted by molar-refractivity contribution is 6.61.